The van der Waals surface area contributed by atoms with E-state index in [-0.39, 0.29) is 6.04 Å². The molecule has 2 saturated heterocycles. The van der Waals surface area contributed by atoms with Gasteiger partial charge in [0.05, 0.1) is 18.3 Å². The average molecular weight is 193 g/mol. The monoisotopic (exact) mass is 193 g/mol. The minimum Gasteiger partial charge on any atom is -0.381 e. The van der Waals surface area contributed by atoms with Crippen molar-refractivity contribution >= 4 is 0 Å². The Morgan fingerprint density at radius 1 is 1.36 bits per heavy atom. The summed E-state index contributed by atoms with van der Waals surface area (Å²) in [5, 5.41) is 8.40. The quantitative estimate of drug-likeness (QED) is 0.709. The minimum atomic E-state index is 0.276. The van der Waals surface area contributed by atoms with Crippen LogP contribution in [0, 0.1) is 0 Å². The van der Waals surface area contributed by atoms with Crippen LogP contribution in [-0.4, -0.2) is 24.9 Å². The van der Waals surface area contributed by atoms with Crippen molar-refractivity contribution in [2.45, 2.75) is 24.8 Å². The lowest BCUT2D eigenvalue weighted by Gasteiger charge is -2.21. The average Bonchev–Trinajstić information content (AvgIpc) is 2.65. The van der Waals surface area contributed by atoms with Gasteiger partial charge in [-0.3, -0.25) is 0 Å². The summed E-state index contributed by atoms with van der Waals surface area (Å²) in [6.45, 7) is 2.60. The summed E-state index contributed by atoms with van der Waals surface area (Å²) < 4.78 is 10.6. The third kappa shape index (κ3) is 1.35. The molecule has 0 amide bonds. The van der Waals surface area contributed by atoms with Crippen LogP contribution < -0.4 is 5.32 Å². The molecule has 0 aromatic carbocycles. The van der Waals surface area contributed by atoms with Crippen molar-refractivity contribution in [3.05, 3.63) is 17.5 Å². The molecule has 0 saturated carbocycles. The van der Waals surface area contributed by atoms with Crippen LogP contribution in [0.15, 0.2) is 10.6 Å². The second-order valence-electron chi connectivity index (χ2n) is 3.93. The zero-order valence-electron chi connectivity index (χ0n) is 7.98. The molecule has 3 rings (SSSR count). The molecule has 2 aliphatic rings. The number of ether oxygens (including phenoxy) is 1. The van der Waals surface area contributed by atoms with Crippen LogP contribution in [-0.2, 0) is 4.74 Å². The highest BCUT2D eigenvalue weighted by atomic mass is 16.5. The third-order valence-corrected chi connectivity index (χ3v) is 2.98. The molecule has 2 atom stereocenters. The van der Waals surface area contributed by atoms with E-state index in [9.17, 15) is 0 Å². The highest BCUT2D eigenvalue weighted by Gasteiger charge is 2.27. The van der Waals surface area contributed by atoms with Crippen LogP contribution in [0.4, 0.5) is 0 Å². The Labute approximate surface area is 82.6 Å². The Balaban J connectivity index is 1.75. The summed E-state index contributed by atoms with van der Waals surface area (Å²) in [7, 11) is 0. The van der Waals surface area contributed by atoms with Crippen molar-refractivity contribution < 1.29 is 9.26 Å². The van der Waals surface area contributed by atoms with Gasteiger partial charge in [0.2, 0.25) is 0 Å². The van der Waals surface area contributed by atoms with Crippen molar-refractivity contribution in [2.75, 3.05) is 19.8 Å². The van der Waals surface area contributed by atoms with E-state index in [1.54, 1.807) is 0 Å². The van der Waals surface area contributed by atoms with Crippen LogP contribution >= 0.6 is 0 Å². The predicted molar refractivity (Wildman–Crippen MR) is 49.0 cm³/mol. The molecule has 0 N–H and O–H groups in total. The lowest BCUT2D eigenvalue weighted by atomic mass is 10.0. The van der Waals surface area contributed by atoms with Crippen molar-refractivity contribution in [1.82, 2.24) is 10.5 Å². The van der Waals surface area contributed by atoms with Crippen molar-refractivity contribution in [1.29, 1.82) is 0 Å². The summed E-state index contributed by atoms with van der Waals surface area (Å²) in [4.78, 5) is 0. The van der Waals surface area contributed by atoms with Gasteiger partial charge in [-0.2, -0.15) is 0 Å². The number of hydrogen-bond donors (Lipinski definition) is 0. The first-order valence-corrected chi connectivity index (χ1v) is 5.14. The fourth-order valence-corrected chi connectivity index (χ4v) is 1.91. The van der Waals surface area contributed by atoms with E-state index in [2.05, 4.69) is 10.5 Å². The summed E-state index contributed by atoms with van der Waals surface area (Å²) in [6.07, 6.45) is 2.17. The smallest absolute Gasteiger partial charge is 0.155 e. The summed E-state index contributed by atoms with van der Waals surface area (Å²) in [5.74, 6) is 1.37. The van der Waals surface area contributed by atoms with E-state index in [1.165, 1.54) is 0 Å². The molecular weight excluding hydrogens is 180 g/mol. The van der Waals surface area contributed by atoms with E-state index in [0.29, 0.717) is 5.92 Å². The van der Waals surface area contributed by atoms with E-state index < -0.39 is 0 Å². The number of nitrogens with zero attached hydrogens (tertiary/aromatic N) is 2. The number of rotatable bonds is 2. The predicted octanol–water partition coefficient (Wildman–Crippen LogP) is 1.23. The highest BCUT2D eigenvalue weighted by molar-refractivity contribution is 5.15. The molecular formula is C10H13N2O2. The Bertz CT molecular complexity index is 314. The molecule has 75 valence electrons. The van der Waals surface area contributed by atoms with E-state index in [1.807, 2.05) is 6.07 Å². The first-order valence-electron chi connectivity index (χ1n) is 5.14. The molecule has 14 heavy (non-hydrogen) atoms. The largest absolute Gasteiger partial charge is 0.381 e. The van der Waals surface area contributed by atoms with Crippen molar-refractivity contribution in [2.24, 2.45) is 0 Å². The maximum atomic E-state index is 5.32. The Morgan fingerprint density at radius 2 is 2.29 bits per heavy atom. The molecule has 0 aliphatic carbocycles. The Morgan fingerprint density at radius 3 is 2.93 bits per heavy atom. The normalized spacial score (nSPS) is 31.7. The van der Waals surface area contributed by atoms with Crippen LogP contribution in [0.1, 0.15) is 36.3 Å². The van der Waals surface area contributed by atoms with Gasteiger partial charge in [-0.1, -0.05) is 5.16 Å². The van der Waals surface area contributed by atoms with Gasteiger partial charge in [-0.15, -0.1) is 0 Å². The van der Waals surface area contributed by atoms with Crippen LogP contribution in [0.3, 0.4) is 0 Å². The molecule has 1 aromatic rings. The number of hydrogen-bond acceptors (Lipinski definition) is 3. The first kappa shape index (κ1) is 8.44. The summed E-state index contributed by atoms with van der Waals surface area (Å²) >= 11 is 0. The molecule has 2 fully saturated rings. The van der Waals surface area contributed by atoms with E-state index in [4.69, 9.17) is 9.26 Å². The second-order valence-corrected chi connectivity index (χ2v) is 3.93. The van der Waals surface area contributed by atoms with E-state index >= 15 is 0 Å². The zero-order valence-corrected chi connectivity index (χ0v) is 7.98. The molecule has 0 spiro atoms. The lowest BCUT2D eigenvalue weighted by molar-refractivity contribution is 0.193. The van der Waals surface area contributed by atoms with Crippen molar-refractivity contribution in [3.8, 4) is 0 Å². The molecule has 4 heteroatoms. The highest BCUT2D eigenvalue weighted by Crippen LogP contribution is 2.29. The van der Waals surface area contributed by atoms with Crippen LogP contribution in [0.2, 0.25) is 0 Å². The van der Waals surface area contributed by atoms with Gasteiger partial charge in [-0.25, -0.2) is 5.32 Å². The van der Waals surface area contributed by atoms with Crippen molar-refractivity contribution in [3.63, 3.8) is 0 Å². The molecule has 2 unspecified atom stereocenters. The second kappa shape index (κ2) is 3.37. The molecule has 3 heterocycles. The molecule has 2 aliphatic heterocycles. The maximum Gasteiger partial charge on any atom is 0.155 e. The van der Waals surface area contributed by atoms with Gasteiger partial charge in [0, 0.05) is 25.1 Å². The number of aromatic nitrogens is 1. The SMILES string of the molecule is c1c(C2CCOC2)noc1C1CC[N]1. The first-order chi connectivity index (χ1) is 6.93. The van der Waals surface area contributed by atoms with Gasteiger partial charge in [0.25, 0.3) is 0 Å². The molecule has 1 radical (unpaired) electrons. The van der Waals surface area contributed by atoms with Gasteiger partial charge in [-0.05, 0) is 12.8 Å². The third-order valence-electron chi connectivity index (χ3n) is 2.98. The molecule has 1 aromatic heterocycles. The van der Waals surface area contributed by atoms with Gasteiger partial charge >= 0.3 is 0 Å². The fourth-order valence-electron chi connectivity index (χ4n) is 1.91. The molecule has 4 nitrogen and oxygen atoms in total. The van der Waals surface area contributed by atoms with E-state index in [0.717, 1.165) is 44.1 Å². The van der Waals surface area contributed by atoms with Crippen LogP contribution in [0.5, 0.6) is 0 Å². The summed E-state index contributed by atoms with van der Waals surface area (Å²) in [6, 6.07) is 2.32. The van der Waals surface area contributed by atoms with Crippen LogP contribution in [0.25, 0.3) is 0 Å². The minimum absolute atomic E-state index is 0.276. The van der Waals surface area contributed by atoms with Gasteiger partial charge < -0.3 is 9.26 Å². The Hall–Kier alpha value is -0.870. The van der Waals surface area contributed by atoms with Gasteiger partial charge in [0.1, 0.15) is 0 Å². The topological polar surface area (TPSA) is 49.4 Å². The standard InChI is InChI=1S/C10H13N2O2/c1-3-11-8(1)10-5-9(12-14-10)7-2-4-13-6-7/h5,7-8H,1-4,6H2. The van der Waals surface area contributed by atoms with Gasteiger partial charge in [0.15, 0.2) is 5.76 Å². The summed E-state index contributed by atoms with van der Waals surface area (Å²) in [5.41, 5.74) is 1.04. The lowest BCUT2D eigenvalue weighted by Crippen LogP contribution is -2.27. The Kier molecular flexibility index (Phi) is 2.03. The maximum absolute atomic E-state index is 5.32. The fraction of sp³-hybridized carbons (Fsp3) is 0.700. The molecule has 0 bridgehead atoms. The zero-order chi connectivity index (χ0) is 9.38.